The molecule has 1 fully saturated rings. The summed E-state index contributed by atoms with van der Waals surface area (Å²) in [6.45, 7) is 0.737. The number of hydrogen-bond acceptors (Lipinski definition) is 2. The van der Waals surface area contributed by atoms with Gasteiger partial charge in [-0.15, -0.1) is 12.3 Å². The molecule has 60 valence electrons. The van der Waals surface area contributed by atoms with Gasteiger partial charge in [0.25, 0.3) is 0 Å². The Morgan fingerprint density at radius 1 is 1.82 bits per heavy atom. The van der Waals surface area contributed by atoms with Gasteiger partial charge in [-0.25, -0.2) is 0 Å². The van der Waals surface area contributed by atoms with Crippen molar-refractivity contribution in [1.29, 1.82) is 0 Å². The molecule has 0 amide bonds. The topological polar surface area (TPSA) is 49.3 Å². The molecule has 0 aromatic carbocycles. The molecule has 2 N–H and O–H groups in total. The first-order valence-corrected chi connectivity index (χ1v) is 3.63. The summed E-state index contributed by atoms with van der Waals surface area (Å²) in [5, 5.41) is 11.5. The van der Waals surface area contributed by atoms with Gasteiger partial charge >= 0.3 is 5.97 Å². The van der Waals surface area contributed by atoms with E-state index < -0.39 is 5.97 Å². The highest BCUT2D eigenvalue weighted by atomic mass is 16.4. The van der Waals surface area contributed by atoms with E-state index in [0.717, 1.165) is 6.54 Å². The normalized spacial score (nSPS) is 29.7. The molecule has 1 saturated heterocycles. The second-order valence-corrected chi connectivity index (χ2v) is 2.81. The molecule has 1 aliphatic heterocycles. The molecule has 0 bridgehead atoms. The largest absolute Gasteiger partial charge is 0.480 e. The van der Waals surface area contributed by atoms with Crippen LogP contribution in [0.15, 0.2) is 0 Å². The van der Waals surface area contributed by atoms with E-state index in [1.54, 1.807) is 0 Å². The molecule has 1 rings (SSSR count). The third kappa shape index (κ3) is 1.95. The average Bonchev–Trinajstić information content (AvgIpc) is 2.37. The predicted octanol–water partition coefficient (Wildman–Crippen LogP) is 0.0724. The SMILES string of the molecule is C#CCC1CNC(C(=O)O)C1. The van der Waals surface area contributed by atoms with Crippen molar-refractivity contribution in [2.24, 2.45) is 5.92 Å². The van der Waals surface area contributed by atoms with E-state index in [-0.39, 0.29) is 6.04 Å². The molecule has 0 aromatic rings. The van der Waals surface area contributed by atoms with Gasteiger partial charge in [0.15, 0.2) is 0 Å². The van der Waals surface area contributed by atoms with Gasteiger partial charge < -0.3 is 10.4 Å². The van der Waals surface area contributed by atoms with Crippen molar-refractivity contribution in [3.63, 3.8) is 0 Å². The second-order valence-electron chi connectivity index (χ2n) is 2.81. The lowest BCUT2D eigenvalue weighted by atomic mass is 10.0. The van der Waals surface area contributed by atoms with Crippen LogP contribution in [0.25, 0.3) is 0 Å². The number of aliphatic carboxylic acids is 1. The number of carboxylic acid groups (broad SMARTS) is 1. The van der Waals surface area contributed by atoms with Gasteiger partial charge in [-0.3, -0.25) is 4.79 Å². The fourth-order valence-electron chi connectivity index (χ4n) is 1.32. The van der Waals surface area contributed by atoms with E-state index in [2.05, 4.69) is 11.2 Å². The molecule has 0 spiro atoms. The Bertz CT molecular complexity index is 195. The van der Waals surface area contributed by atoms with Gasteiger partial charge in [0, 0.05) is 6.42 Å². The van der Waals surface area contributed by atoms with Crippen LogP contribution in [-0.2, 0) is 4.79 Å². The van der Waals surface area contributed by atoms with Crippen LogP contribution in [0, 0.1) is 18.3 Å². The van der Waals surface area contributed by atoms with Gasteiger partial charge in [-0.05, 0) is 18.9 Å². The van der Waals surface area contributed by atoms with Gasteiger partial charge in [-0.1, -0.05) is 0 Å². The minimum Gasteiger partial charge on any atom is -0.480 e. The highest BCUT2D eigenvalue weighted by Gasteiger charge is 2.28. The van der Waals surface area contributed by atoms with E-state index in [1.807, 2.05) is 0 Å². The number of hydrogen-bond donors (Lipinski definition) is 2. The minimum absolute atomic E-state index is 0.348. The lowest BCUT2D eigenvalue weighted by molar-refractivity contribution is -0.139. The summed E-state index contributed by atoms with van der Waals surface area (Å²) in [6, 6.07) is -0.381. The molecule has 2 unspecified atom stereocenters. The summed E-state index contributed by atoms with van der Waals surface area (Å²) in [4.78, 5) is 10.4. The highest BCUT2D eigenvalue weighted by Crippen LogP contribution is 2.16. The molecular weight excluding hydrogens is 142 g/mol. The lowest BCUT2D eigenvalue weighted by Crippen LogP contribution is -2.29. The summed E-state index contributed by atoms with van der Waals surface area (Å²) in [7, 11) is 0. The van der Waals surface area contributed by atoms with Crippen LogP contribution in [0.2, 0.25) is 0 Å². The first-order chi connectivity index (χ1) is 5.24. The monoisotopic (exact) mass is 153 g/mol. The molecular formula is C8H11NO2. The summed E-state index contributed by atoms with van der Waals surface area (Å²) >= 11 is 0. The summed E-state index contributed by atoms with van der Waals surface area (Å²) in [6.07, 6.45) is 6.45. The fourth-order valence-corrected chi connectivity index (χ4v) is 1.32. The van der Waals surface area contributed by atoms with Crippen LogP contribution in [0.4, 0.5) is 0 Å². The quantitative estimate of drug-likeness (QED) is 0.552. The fraction of sp³-hybridized carbons (Fsp3) is 0.625. The van der Waals surface area contributed by atoms with Gasteiger partial charge in [0.2, 0.25) is 0 Å². The number of carbonyl (C=O) groups is 1. The molecule has 1 aliphatic rings. The Morgan fingerprint density at radius 3 is 3.00 bits per heavy atom. The minimum atomic E-state index is -0.774. The molecule has 0 aliphatic carbocycles. The maximum atomic E-state index is 10.4. The van der Waals surface area contributed by atoms with Crippen LogP contribution in [0.3, 0.4) is 0 Å². The Labute approximate surface area is 65.8 Å². The number of carboxylic acids is 1. The van der Waals surface area contributed by atoms with Gasteiger partial charge in [0.05, 0.1) is 0 Å². The maximum absolute atomic E-state index is 10.4. The van der Waals surface area contributed by atoms with Crippen LogP contribution < -0.4 is 5.32 Å². The molecule has 3 heteroatoms. The predicted molar refractivity (Wildman–Crippen MR) is 41.0 cm³/mol. The Kier molecular flexibility index (Phi) is 2.50. The summed E-state index contributed by atoms with van der Waals surface area (Å²) in [5.74, 6) is 2.11. The molecule has 0 radical (unpaired) electrons. The zero-order valence-corrected chi connectivity index (χ0v) is 6.21. The highest BCUT2D eigenvalue weighted by molar-refractivity contribution is 5.73. The first-order valence-electron chi connectivity index (χ1n) is 3.63. The standard InChI is InChI=1S/C8H11NO2/c1-2-3-6-4-7(8(10)11)9-5-6/h1,6-7,9H,3-5H2,(H,10,11). The second kappa shape index (κ2) is 3.40. The average molecular weight is 153 g/mol. The first kappa shape index (κ1) is 8.09. The van der Waals surface area contributed by atoms with Crippen molar-refractivity contribution in [3.8, 4) is 12.3 Å². The zero-order valence-electron chi connectivity index (χ0n) is 6.21. The van der Waals surface area contributed by atoms with Crippen LogP contribution in [-0.4, -0.2) is 23.7 Å². The van der Waals surface area contributed by atoms with Gasteiger partial charge in [-0.2, -0.15) is 0 Å². The number of nitrogens with one attached hydrogen (secondary N) is 1. The van der Waals surface area contributed by atoms with Crippen LogP contribution in [0.1, 0.15) is 12.8 Å². The van der Waals surface area contributed by atoms with Crippen molar-refractivity contribution in [1.82, 2.24) is 5.32 Å². The molecule has 2 atom stereocenters. The molecule has 1 heterocycles. The Balaban J connectivity index is 2.36. The van der Waals surface area contributed by atoms with Crippen molar-refractivity contribution >= 4 is 5.97 Å². The number of rotatable bonds is 2. The third-order valence-corrected chi connectivity index (χ3v) is 1.93. The van der Waals surface area contributed by atoms with Crippen molar-refractivity contribution in [2.45, 2.75) is 18.9 Å². The van der Waals surface area contributed by atoms with Crippen molar-refractivity contribution in [3.05, 3.63) is 0 Å². The smallest absolute Gasteiger partial charge is 0.320 e. The van der Waals surface area contributed by atoms with E-state index in [0.29, 0.717) is 18.8 Å². The van der Waals surface area contributed by atoms with E-state index in [4.69, 9.17) is 11.5 Å². The van der Waals surface area contributed by atoms with E-state index in [9.17, 15) is 4.79 Å². The number of terminal acetylenes is 1. The van der Waals surface area contributed by atoms with Crippen molar-refractivity contribution < 1.29 is 9.90 Å². The zero-order chi connectivity index (χ0) is 8.27. The van der Waals surface area contributed by atoms with Crippen molar-refractivity contribution in [2.75, 3.05) is 6.54 Å². The molecule has 3 nitrogen and oxygen atoms in total. The summed E-state index contributed by atoms with van der Waals surface area (Å²) < 4.78 is 0. The summed E-state index contributed by atoms with van der Waals surface area (Å²) in [5.41, 5.74) is 0. The maximum Gasteiger partial charge on any atom is 0.320 e. The Hall–Kier alpha value is -1.01. The van der Waals surface area contributed by atoms with Crippen LogP contribution in [0.5, 0.6) is 0 Å². The van der Waals surface area contributed by atoms with E-state index in [1.165, 1.54) is 0 Å². The van der Waals surface area contributed by atoms with Crippen LogP contribution >= 0.6 is 0 Å². The van der Waals surface area contributed by atoms with Gasteiger partial charge in [0.1, 0.15) is 6.04 Å². The third-order valence-electron chi connectivity index (χ3n) is 1.93. The lowest BCUT2D eigenvalue weighted by Gasteiger charge is -2.01. The Morgan fingerprint density at radius 2 is 2.55 bits per heavy atom. The van der Waals surface area contributed by atoms with E-state index >= 15 is 0 Å². The molecule has 0 saturated carbocycles. The molecule has 11 heavy (non-hydrogen) atoms. The molecule has 0 aromatic heterocycles.